The minimum absolute atomic E-state index is 0.126. The van der Waals surface area contributed by atoms with E-state index >= 15 is 0 Å². The Balaban J connectivity index is 2.51. The summed E-state index contributed by atoms with van der Waals surface area (Å²) >= 11 is 4.92. The third-order valence-electron chi connectivity index (χ3n) is 2.90. The van der Waals surface area contributed by atoms with Crippen molar-refractivity contribution >= 4 is 33.3 Å². The van der Waals surface area contributed by atoms with Crippen molar-refractivity contribution in [1.82, 2.24) is 0 Å². The summed E-state index contributed by atoms with van der Waals surface area (Å²) < 4.78 is 31.3. The molecule has 1 aromatic heterocycles. The molecule has 96 valence electrons. The van der Waals surface area contributed by atoms with E-state index in [1.807, 2.05) is 6.07 Å². The van der Waals surface area contributed by atoms with E-state index in [2.05, 4.69) is 0 Å². The van der Waals surface area contributed by atoms with Gasteiger partial charge in [0.25, 0.3) is 0 Å². The SMILES string of the molecule is O=c1cc(C(F)(F)Cl)oc2c1ccc1ccccc12. The molecule has 0 aliphatic heterocycles. The van der Waals surface area contributed by atoms with E-state index < -0.39 is 16.6 Å². The van der Waals surface area contributed by atoms with Gasteiger partial charge in [0, 0.05) is 11.5 Å². The molecule has 0 N–H and O–H groups in total. The molecule has 1 heterocycles. The van der Waals surface area contributed by atoms with Gasteiger partial charge < -0.3 is 4.42 Å². The van der Waals surface area contributed by atoms with Gasteiger partial charge in [-0.3, -0.25) is 4.79 Å². The maximum atomic E-state index is 13.1. The highest BCUT2D eigenvalue weighted by Gasteiger charge is 2.32. The van der Waals surface area contributed by atoms with E-state index in [-0.39, 0.29) is 11.0 Å². The lowest BCUT2D eigenvalue weighted by Gasteiger charge is -2.09. The molecule has 3 aromatic rings. The van der Waals surface area contributed by atoms with Crippen LogP contribution in [0.2, 0.25) is 0 Å². The van der Waals surface area contributed by atoms with Gasteiger partial charge in [-0.05, 0) is 23.1 Å². The summed E-state index contributed by atoms with van der Waals surface area (Å²) in [5.74, 6) is -0.844. The Morgan fingerprint density at radius 3 is 2.53 bits per heavy atom. The molecule has 0 unspecified atom stereocenters. The first-order valence-corrected chi connectivity index (χ1v) is 5.87. The van der Waals surface area contributed by atoms with E-state index in [1.165, 1.54) is 0 Å². The van der Waals surface area contributed by atoms with Gasteiger partial charge in [0.15, 0.2) is 11.2 Å². The molecular weight excluding hydrogens is 274 g/mol. The second-order valence-electron chi connectivity index (χ2n) is 4.14. The minimum atomic E-state index is -3.70. The minimum Gasteiger partial charge on any atom is -0.452 e. The van der Waals surface area contributed by atoms with Crippen LogP contribution >= 0.6 is 11.6 Å². The van der Waals surface area contributed by atoms with Crippen molar-refractivity contribution in [2.75, 3.05) is 0 Å². The lowest BCUT2D eigenvalue weighted by Crippen LogP contribution is -2.10. The Bertz CT molecular complexity index is 834. The number of hydrogen-bond acceptors (Lipinski definition) is 2. The molecular formula is C14H7ClF2O2. The van der Waals surface area contributed by atoms with Crippen molar-refractivity contribution in [3.63, 3.8) is 0 Å². The van der Waals surface area contributed by atoms with Crippen LogP contribution in [0.5, 0.6) is 0 Å². The van der Waals surface area contributed by atoms with Crippen molar-refractivity contribution in [2.45, 2.75) is 5.38 Å². The van der Waals surface area contributed by atoms with Crippen LogP contribution in [0.15, 0.2) is 51.7 Å². The quantitative estimate of drug-likeness (QED) is 0.493. The molecule has 3 rings (SSSR count). The van der Waals surface area contributed by atoms with Crippen LogP contribution in [0.4, 0.5) is 8.78 Å². The van der Waals surface area contributed by atoms with Crippen LogP contribution in [-0.4, -0.2) is 0 Å². The zero-order valence-electron chi connectivity index (χ0n) is 9.49. The average Bonchev–Trinajstić information content (AvgIpc) is 2.37. The second kappa shape index (κ2) is 4.03. The molecule has 0 fully saturated rings. The molecule has 2 nitrogen and oxygen atoms in total. The summed E-state index contributed by atoms with van der Waals surface area (Å²) in [7, 11) is 0. The van der Waals surface area contributed by atoms with E-state index in [0.29, 0.717) is 5.39 Å². The Morgan fingerprint density at radius 1 is 1.05 bits per heavy atom. The first kappa shape index (κ1) is 12.1. The van der Waals surface area contributed by atoms with Gasteiger partial charge in [-0.15, -0.1) is 0 Å². The number of hydrogen-bond donors (Lipinski definition) is 0. The van der Waals surface area contributed by atoms with E-state index in [0.717, 1.165) is 11.5 Å². The zero-order valence-corrected chi connectivity index (χ0v) is 10.2. The molecule has 2 aromatic carbocycles. The predicted molar refractivity (Wildman–Crippen MR) is 69.7 cm³/mol. The van der Waals surface area contributed by atoms with Crippen molar-refractivity contribution in [2.24, 2.45) is 0 Å². The molecule has 0 spiro atoms. The van der Waals surface area contributed by atoms with Gasteiger partial charge in [-0.1, -0.05) is 30.3 Å². The first-order valence-electron chi connectivity index (χ1n) is 5.49. The lowest BCUT2D eigenvalue weighted by molar-refractivity contribution is 0.0690. The van der Waals surface area contributed by atoms with Gasteiger partial charge in [-0.25, -0.2) is 0 Å². The summed E-state index contributed by atoms with van der Waals surface area (Å²) in [5.41, 5.74) is -0.414. The predicted octanol–water partition coefficient (Wildman–Crippen LogP) is 4.23. The number of fused-ring (bicyclic) bond motifs is 3. The number of alkyl halides is 3. The van der Waals surface area contributed by atoms with Crippen molar-refractivity contribution in [3.8, 4) is 0 Å². The molecule has 0 aliphatic rings. The maximum absolute atomic E-state index is 13.1. The maximum Gasteiger partial charge on any atom is 0.379 e. The summed E-state index contributed by atoms with van der Waals surface area (Å²) in [6, 6.07) is 11.1. The number of benzene rings is 2. The van der Waals surface area contributed by atoms with Crippen LogP contribution in [0.3, 0.4) is 0 Å². The van der Waals surface area contributed by atoms with Gasteiger partial charge in [0.2, 0.25) is 0 Å². The van der Waals surface area contributed by atoms with Gasteiger partial charge >= 0.3 is 5.38 Å². The van der Waals surface area contributed by atoms with Gasteiger partial charge in [0.05, 0.1) is 5.39 Å². The highest BCUT2D eigenvalue weighted by atomic mass is 35.5. The Hall–Kier alpha value is -1.94. The molecule has 5 heteroatoms. The Labute approximate surface area is 111 Å². The van der Waals surface area contributed by atoms with Crippen molar-refractivity contribution in [3.05, 3.63) is 58.4 Å². The van der Waals surface area contributed by atoms with Crippen LogP contribution in [0.1, 0.15) is 5.76 Å². The van der Waals surface area contributed by atoms with E-state index in [9.17, 15) is 13.6 Å². The third kappa shape index (κ3) is 1.98. The highest BCUT2D eigenvalue weighted by molar-refractivity contribution is 6.21. The summed E-state index contributed by atoms with van der Waals surface area (Å²) in [5, 5.41) is -2.05. The summed E-state index contributed by atoms with van der Waals surface area (Å²) in [6.45, 7) is 0. The molecule has 19 heavy (non-hydrogen) atoms. The standard InChI is InChI=1S/C14H7ClF2O2/c15-14(16,17)12-7-11(18)10-6-5-8-3-1-2-4-9(8)13(10)19-12/h1-7H. The largest absolute Gasteiger partial charge is 0.452 e. The number of rotatable bonds is 1. The second-order valence-corrected chi connectivity index (χ2v) is 4.61. The molecule has 0 saturated heterocycles. The molecule has 0 atom stereocenters. The van der Waals surface area contributed by atoms with Crippen molar-refractivity contribution in [1.29, 1.82) is 0 Å². The fraction of sp³-hybridized carbons (Fsp3) is 0.0714. The smallest absolute Gasteiger partial charge is 0.379 e. The van der Waals surface area contributed by atoms with E-state index in [4.69, 9.17) is 16.0 Å². The fourth-order valence-electron chi connectivity index (χ4n) is 2.02. The van der Waals surface area contributed by atoms with E-state index in [1.54, 1.807) is 30.3 Å². The third-order valence-corrected chi connectivity index (χ3v) is 3.08. The molecule has 0 radical (unpaired) electrons. The normalized spacial score (nSPS) is 12.2. The average molecular weight is 281 g/mol. The van der Waals surface area contributed by atoms with Crippen molar-refractivity contribution < 1.29 is 13.2 Å². The van der Waals surface area contributed by atoms with Crippen LogP contribution < -0.4 is 5.43 Å². The van der Waals surface area contributed by atoms with Crippen LogP contribution in [0.25, 0.3) is 21.7 Å². The molecule has 0 aliphatic carbocycles. The summed E-state index contributed by atoms with van der Waals surface area (Å²) in [4.78, 5) is 11.8. The van der Waals surface area contributed by atoms with Gasteiger partial charge in [-0.2, -0.15) is 8.78 Å². The molecule has 0 saturated carbocycles. The Kier molecular flexibility index (Phi) is 2.57. The van der Waals surface area contributed by atoms with Crippen LogP contribution in [-0.2, 0) is 5.38 Å². The molecule has 0 bridgehead atoms. The Morgan fingerprint density at radius 2 is 1.79 bits per heavy atom. The first-order chi connectivity index (χ1) is 8.97. The lowest BCUT2D eigenvalue weighted by atomic mass is 10.1. The topological polar surface area (TPSA) is 30.2 Å². The molecule has 0 amide bonds. The fourth-order valence-corrected chi connectivity index (χ4v) is 2.12. The van der Waals surface area contributed by atoms with Gasteiger partial charge in [0.1, 0.15) is 5.58 Å². The monoisotopic (exact) mass is 280 g/mol. The number of halogens is 3. The summed E-state index contributed by atoms with van der Waals surface area (Å²) in [6.07, 6.45) is 0. The zero-order chi connectivity index (χ0) is 13.6. The van der Waals surface area contributed by atoms with Crippen LogP contribution in [0, 0.1) is 0 Å². The highest BCUT2D eigenvalue weighted by Crippen LogP contribution is 2.34.